The zero-order valence-electron chi connectivity index (χ0n) is 18.2. The average Bonchev–Trinajstić information content (AvgIpc) is 2.82. The van der Waals surface area contributed by atoms with Gasteiger partial charge in [-0.25, -0.2) is 8.78 Å². The molecule has 0 N–H and O–H groups in total. The van der Waals surface area contributed by atoms with E-state index in [9.17, 15) is 8.78 Å². The van der Waals surface area contributed by atoms with Gasteiger partial charge in [-0.1, -0.05) is 86.5 Å². The first kappa shape index (κ1) is 21.5. The van der Waals surface area contributed by atoms with Gasteiger partial charge in [0.15, 0.2) is 11.6 Å². The Labute approximate surface area is 184 Å². The second-order valence-electron chi connectivity index (χ2n) is 8.58. The highest BCUT2D eigenvalue weighted by Gasteiger charge is 2.20. The number of halogens is 2. The fourth-order valence-corrected chi connectivity index (χ4v) is 4.52. The molecule has 31 heavy (non-hydrogen) atoms. The van der Waals surface area contributed by atoms with E-state index in [1.807, 2.05) is 0 Å². The number of hydrogen-bond donors (Lipinski definition) is 0. The Balaban J connectivity index is 1.41. The Bertz CT molecular complexity index is 1030. The number of allylic oxidation sites excluding steroid dienone is 2. The third-order valence-corrected chi connectivity index (χ3v) is 6.45. The first-order valence-electron chi connectivity index (χ1n) is 11.5. The number of hydrogen-bond acceptors (Lipinski definition) is 0. The summed E-state index contributed by atoms with van der Waals surface area (Å²) in [5.74, 6) is -1.08. The molecule has 0 saturated heterocycles. The lowest BCUT2D eigenvalue weighted by Crippen LogP contribution is -2.05. The lowest BCUT2D eigenvalue weighted by atomic mass is 9.82. The van der Waals surface area contributed by atoms with Crippen LogP contribution in [0.1, 0.15) is 68.1 Å². The zero-order chi connectivity index (χ0) is 21.6. The smallest absolute Gasteiger partial charge is 0.166 e. The molecule has 0 amide bonds. The minimum absolute atomic E-state index is 0.409. The quantitative estimate of drug-likeness (QED) is 0.338. The van der Waals surface area contributed by atoms with Gasteiger partial charge in [0.2, 0.25) is 0 Å². The lowest BCUT2D eigenvalue weighted by molar-refractivity contribution is 0.505. The molecule has 0 heterocycles. The van der Waals surface area contributed by atoms with Gasteiger partial charge >= 0.3 is 0 Å². The Morgan fingerprint density at radius 3 is 2.19 bits per heavy atom. The van der Waals surface area contributed by atoms with E-state index >= 15 is 0 Å². The van der Waals surface area contributed by atoms with E-state index in [4.69, 9.17) is 0 Å². The van der Waals surface area contributed by atoms with Crippen LogP contribution in [0.5, 0.6) is 0 Å². The molecule has 0 radical (unpaired) electrons. The third-order valence-electron chi connectivity index (χ3n) is 6.45. The van der Waals surface area contributed by atoms with Crippen molar-refractivity contribution in [1.29, 1.82) is 0 Å². The first-order valence-corrected chi connectivity index (χ1v) is 11.5. The SMILES string of the molecule is CCCCCc1ccc(-c2ccc(C3CC=C(c4cccc(F)c4F)CC3)cc2)cc1. The summed E-state index contributed by atoms with van der Waals surface area (Å²) in [6.07, 6.45) is 9.62. The molecule has 0 fully saturated rings. The molecule has 1 unspecified atom stereocenters. The minimum atomic E-state index is -0.773. The van der Waals surface area contributed by atoms with Gasteiger partial charge in [-0.15, -0.1) is 0 Å². The van der Waals surface area contributed by atoms with Crippen molar-refractivity contribution in [3.8, 4) is 11.1 Å². The van der Waals surface area contributed by atoms with Crippen LogP contribution in [0.25, 0.3) is 16.7 Å². The van der Waals surface area contributed by atoms with Crippen LogP contribution in [-0.4, -0.2) is 0 Å². The van der Waals surface area contributed by atoms with Crippen molar-refractivity contribution >= 4 is 5.57 Å². The van der Waals surface area contributed by atoms with Gasteiger partial charge in [0.05, 0.1) is 0 Å². The number of unbranched alkanes of at least 4 members (excludes halogenated alkanes) is 2. The van der Waals surface area contributed by atoms with Crippen molar-refractivity contribution in [3.05, 3.63) is 101 Å². The summed E-state index contributed by atoms with van der Waals surface area (Å²) < 4.78 is 27.6. The van der Waals surface area contributed by atoms with Crippen LogP contribution in [-0.2, 0) is 6.42 Å². The number of aryl methyl sites for hydroxylation is 1. The average molecular weight is 417 g/mol. The van der Waals surface area contributed by atoms with Crippen molar-refractivity contribution in [3.63, 3.8) is 0 Å². The van der Waals surface area contributed by atoms with Crippen molar-refractivity contribution in [2.45, 2.75) is 57.8 Å². The van der Waals surface area contributed by atoms with E-state index in [1.165, 1.54) is 47.6 Å². The van der Waals surface area contributed by atoms with E-state index in [2.05, 4.69) is 61.5 Å². The summed E-state index contributed by atoms with van der Waals surface area (Å²) in [5, 5.41) is 0. The summed E-state index contributed by atoms with van der Waals surface area (Å²) in [6, 6.07) is 22.2. The van der Waals surface area contributed by atoms with Crippen LogP contribution >= 0.6 is 0 Å². The standard InChI is InChI=1S/C29H30F2/c1-2-3-4-6-21-9-11-22(12-10-21)23-13-15-24(16-14-23)25-17-19-26(20-18-25)27-7-5-8-28(30)29(27)31/h5,7-16,19,25H,2-4,6,17-18,20H2,1H3. The molecule has 1 aliphatic carbocycles. The van der Waals surface area contributed by atoms with Gasteiger partial charge in [0, 0.05) is 5.56 Å². The second-order valence-corrected chi connectivity index (χ2v) is 8.58. The van der Waals surface area contributed by atoms with Crippen molar-refractivity contribution in [1.82, 2.24) is 0 Å². The van der Waals surface area contributed by atoms with Crippen molar-refractivity contribution in [2.75, 3.05) is 0 Å². The Morgan fingerprint density at radius 1 is 0.839 bits per heavy atom. The molecule has 0 aromatic heterocycles. The van der Waals surface area contributed by atoms with Crippen LogP contribution in [0.3, 0.4) is 0 Å². The van der Waals surface area contributed by atoms with E-state index in [0.29, 0.717) is 11.5 Å². The predicted octanol–water partition coefficient (Wildman–Crippen LogP) is 8.72. The van der Waals surface area contributed by atoms with E-state index in [1.54, 1.807) is 12.1 Å². The Hall–Kier alpha value is -2.74. The number of rotatable bonds is 7. The highest BCUT2D eigenvalue weighted by atomic mass is 19.2. The zero-order valence-corrected chi connectivity index (χ0v) is 18.2. The maximum atomic E-state index is 14.1. The van der Waals surface area contributed by atoms with Gasteiger partial charge in [-0.3, -0.25) is 0 Å². The van der Waals surface area contributed by atoms with Crippen molar-refractivity contribution < 1.29 is 8.78 Å². The van der Waals surface area contributed by atoms with Gasteiger partial charge in [0.25, 0.3) is 0 Å². The first-order chi connectivity index (χ1) is 15.2. The molecule has 0 saturated carbocycles. The van der Waals surface area contributed by atoms with Gasteiger partial charge in [-0.2, -0.15) is 0 Å². The molecule has 2 heteroatoms. The van der Waals surface area contributed by atoms with Gasteiger partial charge in [-0.05, 0) is 71.9 Å². The highest BCUT2D eigenvalue weighted by Crippen LogP contribution is 2.37. The predicted molar refractivity (Wildman–Crippen MR) is 126 cm³/mol. The molecule has 0 nitrogen and oxygen atoms in total. The molecule has 160 valence electrons. The fourth-order valence-electron chi connectivity index (χ4n) is 4.52. The molecule has 1 atom stereocenters. The van der Waals surface area contributed by atoms with Gasteiger partial charge in [0.1, 0.15) is 0 Å². The Kier molecular flexibility index (Phi) is 6.96. The second kappa shape index (κ2) is 10.0. The molecular weight excluding hydrogens is 386 g/mol. The monoisotopic (exact) mass is 416 g/mol. The topological polar surface area (TPSA) is 0 Å². The van der Waals surface area contributed by atoms with Crippen LogP contribution in [0.15, 0.2) is 72.8 Å². The molecular formula is C29H30F2. The molecule has 0 aliphatic heterocycles. The van der Waals surface area contributed by atoms with Crippen LogP contribution < -0.4 is 0 Å². The largest absolute Gasteiger partial charge is 0.204 e. The fraction of sp³-hybridized carbons (Fsp3) is 0.310. The molecule has 0 bridgehead atoms. The third kappa shape index (κ3) is 5.12. The molecule has 1 aliphatic rings. The van der Waals surface area contributed by atoms with Gasteiger partial charge < -0.3 is 0 Å². The van der Waals surface area contributed by atoms with E-state index in [-0.39, 0.29) is 0 Å². The van der Waals surface area contributed by atoms with Crippen LogP contribution in [0, 0.1) is 11.6 Å². The molecule has 3 aromatic rings. The normalized spacial score (nSPS) is 16.2. The summed E-state index contributed by atoms with van der Waals surface area (Å²) >= 11 is 0. The van der Waals surface area contributed by atoms with E-state index < -0.39 is 11.6 Å². The van der Waals surface area contributed by atoms with E-state index in [0.717, 1.165) is 31.3 Å². The minimum Gasteiger partial charge on any atom is -0.204 e. The number of benzene rings is 3. The molecule has 0 spiro atoms. The Morgan fingerprint density at radius 2 is 1.55 bits per heavy atom. The van der Waals surface area contributed by atoms with Crippen LogP contribution in [0.4, 0.5) is 8.78 Å². The summed E-state index contributed by atoms with van der Waals surface area (Å²) in [7, 11) is 0. The molecule has 4 rings (SSSR count). The summed E-state index contributed by atoms with van der Waals surface area (Å²) in [6.45, 7) is 2.24. The summed E-state index contributed by atoms with van der Waals surface area (Å²) in [5.41, 5.74) is 6.54. The van der Waals surface area contributed by atoms with Crippen LogP contribution in [0.2, 0.25) is 0 Å². The maximum absolute atomic E-state index is 14.1. The van der Waals surface area contributed by atoms with Crippen molar-refractivity contribution in [2.24, 2.45) is 0 Å². The lowest BCUT2D eigenvalue weighted by Gasteiger charge is -2.23. The molecule has 3 aromatic carbocycles. The highest BCUT2D eigenvalue weighted by molar-refractivity contribution is 5.67. The maximum Gasteiger partial charge on any atom is 0.166 e. The summed E-state index contributed by atoms with van der Waals surface area (Å²) in [4.78, 5) is 0.